The number of nitrogens with one attached hydrogen (secondary N) is 1. The number of primary amides is 1. The van der Waals surface area contributed by atoms with E-state index in [-0.39, 0.29) is 17.9 Å². The molecule has 0 aliphatic heterocycles. The maximum Gasteiger partial charge on any atom is 0.251 e. The van der Waals surface area contributed by atoms with Crippen molar-refractivity contribution in [2.24, 2.45) is 5.73 Å². The maximum absolute atomic E-state index is 13.1. The predicted molar refractivity (Wildman–Crippen MR) is 63.5 cm³/mol. The maximum atomic E-state index is 13.1. The number of carbonyl (C=O) groups excluding carboxylic acids is 2. The number of hydrogen-bond acceptors (Lipinski definition) is 2. The van der Waals surface area contributed by atoms with Crippen LogP contribution in [0.25, 0.3) is 0 Å². The Bertz CT molecular complexity index is 437. The standard InChI is InChI=1S/C11H12ClFN2O2/c12-5-1-2-10(16)15-7-3-4-9(13)8(6-7)11(14)17/h3-4,6H,1-2,5H2,(H2,14,17)(H,15,16). The fourth-order valence-electron chi connectivity index (χ4n) is 1.24. The molecule has 6 heteroatoms. The van der Waals surface area contributed by atoms with Crippen LogP contribution >= 0.6 is 11.6 Å². The Morgan fingerprint density at radius 3 is 2.71 bits per heavy atom. The van der Waals surface area contributed by atoms with Crippen molar-refractivity contribution in [3.05, 3.63) is 29.6 Å². The molecule has 0 saturated heterocycles. The van der Waals surface area contributed by atoms with Gasteiger partial charge in [-0.15, -0.1) is 11.6 Å². The number of alkyl halides is 1. The summed E-state index contributed by atoms with van der Waals surface area (Å²) in [6.45, 7) is 0. The van der Waals surface area contributed by atoms with Gasteiger partial charge in [-0.2, -0.15) is 0 Å². The third kappa shape index (κ3) is 4.03. The van der Waals surface area contributed by atoms with Crippen molar-refractivity contribution < 1.29 is 14.0 Å². The Morgan fingerprint density at radius 1 is 1.41 bits per heavy atom. The zero-order chi connectivity index (χ0) is 12.8. The van der Waals surface area contributed by atoms with Crippen LogP contribution in [-0.4, -0.2) is 17.7 Å². The largest absolute Gasteiger partial charge is 0.366 e. The lowest BCUT2D eigenvalue weighted by molar-refractivity contribution is -0.116. The van der Waals surface area contributed by atoms with E-state index in [4.69, 9.17) is 17.3 Å². The van der Waals surface area contributed by atoms with Crippen LogP contribution in [0.1, 0.15) is 23.2 Å². The second kappa shape index (κ2) is 6.20. The number of anilines is 1. The Balaban J connectivity index is 2.75. The number of amides is 2. The lowest BCUT2D eigenvalue weighted by Crippen LogP contribution is -2.15. The predicted octanol–water partition coefficient (Wildman–Crippen LogP) is 1.88. The average molecular weight is 259 g/mol. The quantitative estimate of drug-likeness (QED) is 0.792. The SMILES string of the molecule is NC(=O)c1cc(NC(=O)CCCCl)ccc1F. The van der Waals surface area contributed by atoms with Gasteiger partial charge in [0.05, 0.1) is 5.56 Å². The normalized spacial score (nSPS) is 10.0. The van der Waals surface area contributed by atoms with E-state index in [2.05, 4.69) is 5.32 Å². The molecule has 3 N–H and O–H groups in total. The zero-order valence-electron chi connectivity index (χ0n) is 9.00. The van der Waals surface area contributed by atoms with Gasteiger partial charge in [-0.25, -0.2) is 4.39 Å². The van der Waals surface area contributed by atoms with Gasteiger partial charge in [-0.3, -0.25) is 9.59 Å². The fraction of sp³-hybridized carbons (Fsp3) is 0.273. The highest BCUT2D eigenvalue weighted by Gasteiger charge is 2.10. The minimum atomic E-state index is -0.876. The highest BCUT2D eigenvalue weighted by molar-refractivity contribution is 6.18. The molecule has 0 aliphatic rings. The number of nitrogens with two attached hydrogens (primary N) is 1. The number of rotatable bonds is 5. The molecular formula is C11H12ClFN2O2. The van der Waals surface area contributed by atoms with Crippen molar-refractivity contribution >= 4 is 29.1 Å². The number of benzene rings is 1. The highest BCUT2D eigenvalue weighted by Crippen LogP contribution is 2.14. The third-order valence-electron chi connectivity index (χ3n) is 2.05. The van der Waals surface area contributed by atoms with Gasteiger partial charge < -0.3 is 11.1 Å². The van der Waals surface area contributed by atoms with E-state index in [0.717, 1.165) is 6.07 Å². The Kier molecular flexibility index (Phi) is 4.90. The summed E-state index contributed by atoms with van der Waals surface area (Å²) >= 11 is 5.45. The fourth-order valence-corrected chi connectivity index (χ4v) is 1.38. The molecule has 4 nitrogen and oxygen atoms in total. The molecule has 0 radical (unpaired) electrons. The van der Waals surface area contributed by atoms with Gasteiger partial charge in [0.2, 0.25) is 5.91 Å². The van der Waals surface area contributed by atoms with Gasteiger partial charge in [0, 0.05) is 18.0 Å². The van der Waals surface area contributed by atoms with Crippen LogP contribution in [0, 0.1) is 5.82 Å². The summed E-state index contributed by atoms with van der Waals surface area (Å²) in [5.41, 5.74) is 5.07. The molecule has 0 fully saturated rings. The molecule has 92 valence electrons. The van der Waals surface area contributed by atoms with Gasteiger partial charge >= 0.3 is 0 Å². The first-order valence-electron chi connectivity index (χ1n) is 4.99. The molecule has 0 aromatic heterocycles. The number of hydrogen-bond donors (Lipinski definition) is 2. The van der Waals surface area contributed by atoms with Crippen LogP contribution < -0.4 is 11.1 Å². The number of halogens is 2. The molecule has 17 heavy (non-hydrogen) atoms. The molecular weight excluding hydrogens is 247 g/mol. The molecule has 0 heterocycles. The van der Waals surface area contributed by atoms with E-state index in [1.807, 2.05) is 0 Å². The Hall–Kier alpha value is -1.62. The van der Waals surface area contributed by atoms with Gasteiger partial charge in [0.1, 0.15) is 5.82 Å². The van der Waals surface area contributed by atoms with E-state index >= 15 is 0 Å². The van der Waals surface area contributed by atoms with Crippen molar-refractivity contribution in [3.63, 3.8) is 0 Å². The zero-order valence-corrected chi connectivity index (χ0v) is 9.76. The molecule has 0 atom stereocenters. The molecule has 2 amide bonds. The van der Waals surface area contributed by atoms with E-state index in [1.54, 1.807) is 0 Å². The number of carbonyl (C=O) groups is 2. The third-order valence-corrected chi connectivity index (χ3v) is 2.32. The van der Waals surface area contributed by atoms with Crippen LogP contribution in [0.5, 0.6) is 0 Å². The molecule has 1 rings (SSSR count). The first-order valence-corrected chi connectivity index (χ1v) is 5.53. The highest BCUT2D eigenvalue weighted by atomic mass is 35.5. The van der Waals surface area contributed by atoms with Crippen molar-refractivity contribution in [3.8, 4) is 0 Å². The summed E-state index contributed by atoms with van der Waals surface area (Å²) < 4.78 is 13.1. The smallest absolute Gasteiger partial charge is 0.251 e. The molecule has 0 spiro atoms. The van der Waals surface area contributed by atoms with Crippen molar-refractivity contribution in [1.82, 2.24) is 0 Å². The van der Waals surface area contributed by atoms with E-state index in [9.17, 15) is 14.0 Å². The summed E-state index contributed by atoms with van der Waals surface area (Å²) in [6, 6.07) is 3.65. The van der Waals surface area contributed by atoms with Crippen molar-refractivity contribution in [2.45, 2.75) is 12.8 Å². The van der Waals surface area contributed by atoms with Crippen LogP contribution in [0.15, 0.2) is 18.2 Å². The van der Waals surface area contributed by atoms with Crippen molar-refractivity contribution in [1.29, 1.82) is 0 Å². The summed E-state index contributed by atoms with van der Waals surface area (Å²) in [7, 11) is 0. The van der Waals surface area contributed by atoms with Gasteiger partial charge in [-0.1, -0.05) is 0 Å². The minimum Gasteiger partial charge on any atom is -0.366 e. The molecule has 1 aromatic rings. The minimum absolute atomic E-state index is 0.243. The van der Waals surface area contributed by atoms with E-state index < -0.39 is 11.7 Å². The summed E-state index contributed by atoms with van der Waals surface area (Å²) in [5.74, 6) is -1.44. The summed E-state index contributed by atoms with van der Waals surface area (Å²) in [6.07, 6.45) is 0.823. The molecule has 0 saturated carbocycles. The first kappa shape index (κ1) is 13.4. The molecule has 0 bridgehead atoms. The van der Waals surface area contributed by atoms with Gasteiger partial charge in [0.15, 0.2) is 0 Å². The Labute approximate surface area is 103 Å². The van der Waals surface area contributed by atoms with Crippen molar-refractivity contribution in [2.75, 3.05) is 11.2 Å². The van der Waals surface area contributed by atoms with Crippen LogP contribution in [0.2, 0.25) is 0 Å². The van der Waals surface area contributed by atoms with Crippen LogP contribution in [0.4, 0.5) is 10.1 Å². The lowest BCUT2D eigenvalue weighted by atomic mass is 10.1. The second-order valence-corrected chi connectivity index (χ2v) is 3.78. The monoisotopic (exact) mass is 258 g/mol. The topological polar surface area (TPSA) is 72.2 Å². The van der Waals surface area contributed by atoms with Gasteiger partial charge in [0.25, 0.3) is 5.91 Å². The Morgan fingerprint density at radius 2 is 2.12 bits per heavy atom. The van der Waals surface area contributed by atoms with Crippen LogP contribution in [-0.2, 0) is 4.79 Å². The first-order chi connectivity index (χ1) is 8.04. The van der Waals surface area contributed by atoms with Gasteiger partial charge in [-0.05, 0) is 24.6 Å². The summed E-state index contributed by atoms with van der Waals surface area (Å²) in [4.78, 5) is 22.2. The lowest BCUT2D eigenvalue weighted by Gasteiger charge is -2.06. The van der Waals surface area contributed by atoms with Crippen LogP contribution in [0.3, 0.4) is 0 Å². The summed E-state index contributed by atoms with van der Waals surface area (Å²) in [5, 5.41) is 2.53. The van der Waals surface area contributed by atoms with E-state index in [1.165, 1.54) is 12.1 Å². The average Bonchev–Trinajstić information content (AvgIpc) is 2.28. The second-order valence-electron chi connectivity index (χ2n) is 3.40. The van der Waals surface area contributed by atoms with E-state index in [0.29, 0.717) is 18.0 Å². The molecule has 0 unspecified atom stereocenters. The molecule has 0 aliphatic carbocycles. The molecule has 1 aromatic carbocycles.